The number of nitrogens with two attached hydrogens (primary N) is 1. The van der Waals surface area contributed by atoms with Crippen molar-refractivity contribution in [2.45, 2.75) is 6.92 Å². The summed E-state index contributed by atoms with van der Waals surface area (Å²) in [4.78, 5) is 4.34. The fourth-order valence-electron chi connectivity index (χ4n) is 2.82. The molecule has 3 N–H and O–H groups in total. The minimum Gasteiger partial charge on any atom is -0.506 e. The Kier molecular flexibility index (Phi) is 4.97. The zero-order valence-corrected chi connectivity index (χ0v) is 17.0. The molecule has 3 rings (SSSR count). The minimum atomic E-state index is 0.113. The van der Waals surface area contributed by atoms with Crippen LogP contribution < -0.4 is 5.73 Å². The third-order valence-corrected chi connectivity index (χ3v) is 5.16. The van der Waals surface area contributed by atoms with Crippen molar-refractivity contribution in [2.75, 3.05) is 5.73 Å². The number of hydrogen-bond donors (Lipinski definition) is 2. The van der Waals surface area contributed by atoms with Crippen molar-refractivity contribution in [2.24, 2.45) is 0 Å². The summed E-state index contributed by atoms with van der Waals surface area (Å²) in [6.07, 6.45) is 0. The number of anilines is 1. The van der Waals surface area contributed by atoms with Gasteiger partial charge in [0.15, 0.2) is 0 Å². The number of aryl methyl sites for hydroxylation is 1. The maximum absolute atomic E-state index is 10.6. The number of nitrogen functional groups attached to an aromatic ring is 1. The van der Waals surface area contributed by atoms with E-state index in [2.05, 4.69) is 49.6 Å². The van der Waals surface area contributed by atoms with Crippen LogP contribution in [0.25, 0.3) is 22.3 Å². The number of nitrogens with zero attached hydrogens (tertiary/aromatic N) is 2. The highest BCUT2D eigenvalue weighted by molar-refractivity contribution is 14.1. The predicted octanol–water partition coefficient (Wildman–Crippen LogP) is 5.25. The second kappa shape index (κ2) is 7.02. The Morgan fingerprint density at radius 3 is 2.52 bits per heavy atom. The quantitative estimate of drug-likeness (QED) is 0.466. The van der Waals surface area contributed by atoms with Gasteiger partial charge in [-0.05, 0) is 47.2 Å². The molecule has 0 radical (unpaired) electrons. The lowest BCUT2D eigenvalue weighted by Crippen LogP contribution is -2.03. The second-order valence-corrected chi connectivity index (χ2v) is 7.55. The fourth-order valence-corrected chi connectivity index (χ4v) is 4.34. The maximum Gasteiger partial charge on any atom is 0.142 e. The van der Waals surface area contributed by atoms with E-state index in [4.69, 9.17) is 5.73 Å². The molecule has 4 nitrogen and oxygen atoms in total. The topological polar surface area (TPSA) is 82.9 Å². The van der Waals surface area contributed by atoms with E-state index in [0.29, 0.717) is 20.4 Å². The monoisotopic (exact) mass is 505 g/mol. The molecule has 0 saturated heterocycles. The van der Waals surface area contributed by atoms with Gasteiger partial charge in [0.05, 0.1) is 3.57 Å². The highest BCUT2D eigenvalue weighted by atomic mass is 127. The summed E-state index contributed by atoms with van der Waals surface area (Å²) in [6, 6.07) is 15.4. The number of benzene rings is 2. The van der Waals surface area contributed by atoms with Crippen LogP contribution in [0.2, 0.25) is 0 Å². The number of aromatic hydroxyl groups is 1. The predicted molar refractivity (Wildman–Crippen MR) is 111 cm³/mol. The van der Waals surface area contributed by atoms with Crippen LogP contribution in [0.3, 0.4) is 0 Å². The van der Waals surface area contributed by atoms with Crippen LogP contribution in [0.5, 0.6) is 5.75 Å². The summed E-state index contributed by atoms with van der Waals surface area (Å²) in [5.41, 5.74) is 9.81. The van der Waals surface area contributed by atoms with E-state index in [-0.39, 0.29) is 17.1 Å². The summed E-state index contributed by atoms with van der Waals surface area (Å²) in [6.45, 7) is 1.85. The van der Waals surface area contributed by atoms with E-state index in [9.17, 15) is 10.4 Å². The normalized spacial score (nSPS) is 10.5. The molecule has 0 atom stereocenters. The lowest BCUT2D eigenvalue weighted by Gasteiger charge is -2.18. The highest BCUT2D eigenvalue weighted by Gasteiger charge is 2.22. The standard InChI is InChI=1S/C19H13BrIN3O/c1-10-16(11-5-3-2-4-6-11)17(14(9-22)19(23)24-10)13-7-12(20)8-15(21)18(13)25/h2-8,25H,1H3,(H2,23,24). The molecule has 0 aliphatic carbocycles. The molecular formula is C19H13BrIN3O. The zero-order valence-electron chi connectivity index (χ0n) is 13.2. The van der Waals surface area contributed by atoms with Gasteiger partial charge in [0.1, 0.15) is 23.2 Å². The Labute approximate surface area is 167 Å². The Balaban J connectivity index is 2.50. The smallest absolute Gasteiger partial charge is 0.142 e. The Hall–Kier alpha value is -2.11. The number of pyridine rings is 1. The molecule has 2 aromatic carbocycles. The Bertz CT molecular complexity index is 1010. The van der Waals surface area contributed by atoms with Gasteiger partial charge in [0.25, 0.3) is 0 Å². The summed E-state index contributed by atoms with van der Waals surface area (Å²) in [5, 5.41) is 20.3. The molecule has 3 aromatic rings. The van der Waals surface area contributed by atoms with E-state index >= 15 is 0 Å². The molecule has 0 aliphatic heterocycles. The SMILES string of the molecule is Cc1nc(N)c(C#N)c(-c2cc(Br)cc(I)c2O)c1-c1ccccc1. The molecule has 0 fully saturated rings. The van der Waals surface area contributed by atoms with E-state index in [1.807, 2.05) is 43.3 Å². The number of phenols is 1. The summed E-state index contributed by atoms with van der Waals surface area (Å²) < 4.78 is 1.48. The van der Waals surface area contributed by atoms with Crippen LogP contribution in [-0.4, -0.2) is 10.1 Å². The molecule has 0 unspecified atom stereocenters. The van der Waals surface area contributed by atoms with Crippen molar-refractivity contribution in [3.63, 3.8) is 0 Å². The summed E-state index contributed by atoms with van der Waals surface area (Å²) in [5.74, 6) is 0.270. The van der Waals surface area contributed by atoms with Crippen molar-refractivity contribution in [1.82, 2.24) is 4.98 Å². The van der Waals surface area contributed by atoms with Crippen LogP contribution in [0.15, 0.2) is 46.9 Å². The van der Waals surface area contributed by atoms with Gasteiger partial charge < -0.3 is 10.8 Å². The van der Waals surface area contributed by atoms with Gasteiger partial charge in [-0.2, -0.15) is 5.26 Å². The molecule has 0 aliphatic rings. The van der Waals surface area contributed by atoms with Crippen LogP contribution >= 0.6 is 38.5 Å². The zero-order chi connectivity index (χ0) is 18.1. The van der Waals surface area contributed by atoms with E-state index < -0.39 is 0 Å². The molecule has 0 amide bonds. The molecule has 0 spiro atoms. The highest BCUT2D eigenvalue weighted by Crippen LogP contribution is 2.44. The van der Waals surface area contributed by atoms with Crippen LogP contribution in [-0.2, 0) is 0 Å². The van der Waals surface area contributed by atoms with Gasteiger partial charge in [-0.1, -0.05) is 46.3 Å². The molecule has 0 bridgehead atoms. The summed E-state index contributed by atoms with van der Waals surface area (Å²) >= 11 is 5.52. The Morgan fingerprint density at radius 1 is 1.20 bits per heavy atom. The second-order valence-electron chi connectivity index (χ2n) is 5.47. The Morgan fingerprint density at radius 2 is 1.88 bits per heavy atom. The number of phenolic OH excluding ortho intramolecular Hbond substituents is 1. The van der Waals surface area contributed by atoms with Crippen molar-refractivity contribution in [3.05, 3.63) is 61.8 Å². The van der Waals surface area contributed by atoms with Crippen molar-refractivity contribution in [1.29, 1.82) is 5.26 Å². The first kappa shape index (κ1) is 17.7. The minimum absolute atomic E-state index is 0.113. The molecule has 124 valence electrons. The molecule has 25 heavy (non-hydrogen) atoms. The molecule has 6 heteroatoms. The van der Waals surface area contributed by atoms with Crippen molar-refractivity contribution >= 4 is 44.3 Å². The van der Waals surface area contributed by atoms with Gasteiger partial charge in [0, 0.05) is 26.9 Å². The first-order valence-corrected chi connectivity index (χ1v) is 9.25. The van der Waals surface area contributed by atoms with E-state index in [0.717, 1.165) is 15.6 Å². The maximum atomic E-state index is 10.6. The number of rotatable bonds is 2. The lowest BCUT2D eigenvalue weighted by molar-refractivity contribution is 0.473. The van der Waals surface area contributed by atoms with Gasteiger partial charge in [-0.3, -0.25) is 0 Å². The number of hydrogen-bond acceptors (Lipinski definition) is 4. The number of halogens is 2. The van der Waals surface area contributed by atoms with Gasteiger partial charge >= 0.3 is 0 Å². The fraction of sp³-hybridized carbons (Fsp3) is 0.0526. The van der Waals surface area contributed by atoms with Gasteiger partial charge in [-0.15, -0.1) is 0 Å². The number of nitriles is 1. The lowest BCUT2D eigenvalue weighted by atomic mass is 9.90. The van der Waals surface area contributed by atoms with Crippen LogP contribution in [0.4, 0.5) is 5.82 Å². The molecule has 1 aromatic heterocycles. The largest absolute Gasteiger partial charge is 0.506 e. The third kappa shape index (κ3) is 3.22. The number of aromatic nitrogens is 1. The molecule has 1 heterocycles. The first-order chi connectivity index (χ1) is 11.9. The van der Waals surface area contributed by atoms with Gasteiger partial charge in [0.2, 0.25) is 0 Å². The van der Waals surface area contributed by atoms with Crippen molar-refractivity contribution < 1.29 is 5.11 Å². The molecule has 0 saturated carbocycles. The van der Waals surface area contributed by atoms with Crippen molar-refractivity contribution in [3.8, 4) is 34.1 Å². The average Bonchev–Trinajstić information content (AvgIpc) is 2.58. The van der Waals surface area contributed by atoms with E-state index in [1.165, 1.54) is 0 Å². The average molecular weight is 506 g/mol. The van der Waals surface area contributed by atoms with E-state index in [1.54, 1.807) is 6.07 Å². The summed E-state index contributed by atoms with van der Waals surface area (Å²) in [7, 11) is 0. The molecular weight excluding hydrogens is 493 g/mol. The van der Waals surface area contributed by atoms with Gasteiger partial charge in [-0.25, -0.2) is 4.98 Å². The van der Waals surface area contributed by atoms with Crippen LogP contribution in [0.1, 0.15) is 11.3 Å². The third-order valence-electron chi connectivity index (χ3n) is 3.88. The first-order valence-electron chi connectivity index (χ1n) is 7.38. The van der Waals surface area contributed by atoms with Crippen LogP contribution in [0, 0.1) is 21.8 Å².